The Bertz CT molecular complexity index is 645. The molecule has 1 aromatic rings. The fourth-order valence-electron chi connectivity index (χ4n) is 2.18. The Morgan fingerprint density at radius 2 is 1.81 bits per heavy atom. The lowest BCUT2D eigenvalue weighted by molar-refractivity contribution is -0.136. The first-order valence-electron chi connectivity index (χ1n) is 6.10. The zero-order valence-corrected chi connectivity index (χ0v) is 11.6. The molecule has 2 rings (SSSR count). The summed E-state index contributed by atoms with van der Waals surface area (Å²) in [5.41, 5.74) is 0.616. The highest BCUT2D eigenvalue weighted by molar-refractivity contribution is 5.95. The van der Waals surface area contributed by atoms with E-state index in [1.165, 1.54) is 7.11 Å². The van der Waals surface area contributed by atoms with Crippen molar-refractivity contribution in [1.82, 2.24) is 5.32 Å². The zero-order chi connectivity index (χ0) is 15.7. The molecule has 0 aliphatic carbocycles. The fraction of sp³-hybridized carbons (Fsp3) is 0.286. The molecule has 21 heavy (non-hydrogen) atoms. The van der Waals surface area contributed by atoms with Crippen LogP contribution >= 0.6 is 0 Å². The van der Waals surface area contributed by atoms with Crippen LogP contribution in [0.25, 0.3) is 0 Å². The zero-order valence-electron chi connectivity index (χ0n) is 11.6. The molecule has 0 amide bonds. The minimum Gasteiger partial charge on any atom is -0.466 e. The maximum atomic E-state index is 13.4. The smallest absolute Gasteiger partial charge is 0.338 e. The van der Waals surface area contributed by atoms with Crippen molar-refractivity contribution in [1.29, 1.82) is 0 Å². The van der Waals surface area contributed by atoms with Crippen LogP contribution in [-0.2, 0) is 9.53 Å². The van der Waals surface area contributed by atoms with Crippen molar-refractivity contribution >= 4 is 11.8 Å². The fourth-order valence-corrected chi connectivity index (χ4v) is 2.18. The van der Waals surface area contributed by atoms with Crippen LogP contribution < -0.4 is 5.32 Å². The quantitative estimate of drug-likeness (QED) is 0.674. The van der Waals surface area contributed by atoms with Crippen LogP contribution in [0.15, 0.2) is 28.4 Å². The Kier molecular flexibility index (Phi) is 4.02. The molecule has 0 spiro atoms. The molecule has 1 N–H and O–H groups in total. The number of rotatable bonds is 2. The molecule has 1 aliphatic rings. The second kappa shape index (κ2) is 5.59. The maximum Gasteiger partial charge on any atom is 0.338 e. The molecule has 0 bridgehead atoms. The van der Waals surface area contributed by atoms with Gasteiger partial charge < -0.3 is 10.1 Å². The number of carbonyl (C=O) groups is 1. The number of nitrogens with zero attached hydrogens (tertiary/aromatic N) is 1. The van der Waals surface area contributed by atoms with Crippen molar-refractivity contribution in [3.05, 3.63) is 46.4 Å². The van der Waals surface area contributed by atoms with Crippen molar-refractivity contribution in [2.24, 2.45) is 4.99 Å². The minimum atomic E-state index is -1.56. The van der Waals surface area contributed by atoms with E-state index in [-0.39, 0.29) is 11.1 Å². The van der Waals surface area contributed by atoms with Gasteiger partial charge in [-0.1, -0.05) is 0 Å². The van der Waals surface area contributed by atoms with Crippen molar-refractivity contribution < 1.29 is 22.7 Å². The third kappa shape index (κ3) is 2.76. The Morgan fingerprint density at radius 3 is 2.33 bits per heavy atom. The standard InChI is InChI=1S/C14H13F3N2O2/c1-6-11(14(20)21-3)13(19-7(2)18-6)8-4-9(15)12(17)10(16)5-8/h4-5,13H,1-3H3,(H,18,19). The van der Waals surface area contributed by atoms with Crippen LogP contribution in [0.2, 0.25) is 0 Å². The number of ether oxygens (including phenoxy) is 1. The highest BCUT2D eigenvalue weighted by Gasteiger charge is 2.30. The Hall–Kier alpha value is -2.31. The van der Waals surface area contributed by atoms with Crippen molar-refractivity contribution in [2.75, 3.05) is 7.11 Å². The number of nitrogens with one attached hydrogen (secondary N) is 1. The number of hydrogen-bond donors (Lipinski definition) is 1. The van der Waals surface area contributed by atoms with E-state index in [1.54, 1.807) is 13.8 Å². The first-order chi connectivity index (χ1) is 9.85. The van der Waals surface area contributed by atoms with Gasteiger partial charge in [0.15, 0.2) is 17.5 Å². The summed E-state index contributed by atoms with van der Waals surface area (Å²) in [6.07, 6.45) is 0. The van der Waals surface area contributed by atoms with E-state index >= 15 is 0 Å². The van der Waals surface area contributed by atoms with E-state index in [4.69, 9.17) is 0 Å². The maximum absolute atomic E-state index is 13.4. The Labute approximate surface area is 119 Å². The van der Waals surface area contributed by atoms with Crippen LogP contribution in [0.3, 0.4) is 0 Å². The predicted octanol–water partition coefficient (Wildman–Crippen LogP) is 2.61. The number of allylic oxidation sites excluding steroid dienone is 1. The molecule has 4 nitrogen and oxygen atoms in total. The number of halogens is 3. The molecule has 1 heterocycles. The molecule has 1 unspecified atom stereocenters. The van der Waals surface area contributed by atoms with E-state index in [0.29, 0.717) is 11.5 Å². The first-order valence-corrected chi connectivity index (χ1v) is 6.10. The lowest BCUT2D eigenvalue weighted by Crippen LogP contribution is -2.30. The Morgan fingerprint density at radius 1 is 1.24 bits per heavy atom. The second-order valence-electron chi connectivity index (χ2n) is 4.57. The highest BCUT2D eigenvalue weighted by Crippen LogP contribution is 2.32. The van der Waals surface area contributed by atoms with Gasteiger partial charge in [0.2, 0.25) is 0 Å². The lowest BCUT2D eigenvalue weighted by atomic mass is 9.96. The molecule has 0 aromatic heterocycles. The number of methoxy groups -OCH3 is 1. The number of aliphatic imine (C=N–C) groups is 1. The van der Waals surface area contributed by atoms with E-state index in [2.05, 4.69) is 15.0 Å². The van der Waals surface area contributed by atoms with Crippen molar-refractivity contribution in [2.45, 2.75) is 19.9 Å². The monoisotopic (exact) mass is 298 g/mol. The van der Waals surface area contributed by atoms with Gasteiger partial charge in [0.05, 0.1) is 18.5 Å². The van der Waals surface area contributed by atoms with Crippen LogP contribution in [0, 0.1) is 17.5 Å². The van der Waals surface area contributed by atoms with Crippen LogP contribution in [0.1, 0.15) is 25.5 Å². The number of amidine groups is 1. The van der Waals surface area contributed by atoms with E-state index < -0.39 is 29.5 Å². The van der Waals surface area contributed by atoms with Gasteiger partial charge in [-0.3, -0.25) is 4.99 Å². The molecule has 0 saturated carbocycles. The minimum absolute atomic E-state index is 0.0343. The topological polar surface area (TPSA) is 50.7 Å². The van der Waals surface area contributed by atoms with Crippen molar-refractivity contribution in [3.8, 4) is 0 Å². The van der Waals surface area contributed by atoms with Crippen LogP contribution in [0.5, 0.6) is 0 Å². The van der Waals surface area contributed by atoms with Gasteiger partial charge in [0, 0.05) is 5.70 Å². The van der Waals surface area contributed by atoms with Crippen molar-refractivity contribution in [3.63, 3.8) is 0 Å². The molecule has 1 aromatic carbocycles. The molecule has 112 valence electrons. The van der Waals surface area contributed by atoms with Gasteiger partial charge in [0.25, 0.3) is 0 Å². The van der Waals surface area contributed by atoms with E-state index in [0.717, 1.165) is 12.1 Å². The Balaban J connectivity index is 2.58. The van der Waals surface area contributed by atoms with Gasteiger partial charge in [0.1, 0.15) is 6.04 Å². The van der Waals surface area contributed by atoms with Gasteiger partial charge in [-0.15, -0.1) is 0 Å². The number of benzene rings is 1. The van der Waals surface area contributed by atoms with Gasteiger partial charge in [-0.2, -0.15) is 0 Å². The molecule has 0 fully saturated rings. The summed E-state index contributed by atoms with van der Waals surface area (Å²) >= 11 is 0. The average molecular weight is 298 g/mol. The lowest BCUT2D eigenvalue weighted by Gasteiger charge is -2.24. The molecular formula is C14H13F3N2O2. The summed E-state index contributed by atoms with van der Waals surface area (Å²) in [4.78, 5) is 16.0. The van der Waals surface area contributed by atoms with E-state index in [9.17, 15) is 18.0 Å². The third-order valence-corrected chi connectivity index (χ3v) is 3.10. The predicted molar refractivity (Wildman–Crippen MR) is 70.0 cm³/mol. The average Bonchev–Trinajstić information content (AvgIpc) is 2.42. The summed E-state index contributed by atoms with van der Waals surface area (Å²) in [5.74, 6) is -4.44. The van der Waals surface area contributed by atoms with Gasteiger partial charge in [-0.25, -0.2) is 18.0 Å². The summed E-state index contributed by atoms with van der Waals surface area (Å²) in [6, 6.07) is 0.686. The largest absolute Gasteiger partial charge is 0.466 e. The van der Waals surface area contributed by atoms with Gasteiger partial charge >= 0.3 is 5.97 Å². The summed E-state index contributed by atoms with van der Waals surface area (Å²) in [6.45, 7) is 3.26. The molecule has 0 saturated heterocycles. The normalized spacial score (nSPS) is 18.2. The van der Waals surface area contributed by atoms with Crippen LogP contribution in [0.4, 0.5) is 13.2 Å². The molecule has 1 aliphatic heterocycles. The summed E-state index contributed by atoms with van der Waals surface area (Å²) in [7, 11) is 1.19. The molecular weight excluding hydrogens is 285 g/mol. The third-order valence-electron chi connectivity index (χ3n) is 3.10. The first kappa shape index (κ1) is 15.1. The SMILES string of the molecule is COC(=O)C1=C(C)NC(C)=NC1c1cc(F)c(F)c(F)c1. The highest BCUT2D eigenvalue weighted by atomic mass is 19.2. The molecule has 1 atom stereocenters. The number of esters is 1. The molecule has 0 radical (unpaired) electrons. The summed E-state index contributed by atoms with van der Waals surface area (Å²) in [5, 5.41) is 2.85. The number of hydrogen-bond acceptors (Lipinski definition) is 4. The number of carbonyl (C=O) groups excluding carboxylic acids is 1. The van der Waals surface area contributed by atoms with Gasteiger partial charge in [-0.05, 0) is 31.5 Å². The summed E-state index contributed by atoms with van der Waals surface area (Å²) < 4.78 is 44.5. The van der Waals surface area contributed by atoms with Crippen LogP contribution in [-0.4, -0.2) is 18.9 Å². The van der Waals surface area contributed by atoms with E-state index in [1.807, 2.05) is 0 Å². The molecule has 7 heteroatoms. The second-order valence-corrected chi connectivity index (χ2v) is 4.57.